The molecule has 0 aromatic heterocycles. The first-order chi connectivity index (χ1) is 9.00. The number of hydrogen-bond acceptors (Lipinski definition) is 3. The van der Waals surface area contributed by atoms with E-state index >= 15 is 0 Å². The molecule has 0 spiro atoms. The van der Waals surface area contributed by atoms with Gasteiger partial charge in [0.15, 0.2) is 5.78 Å². The van der Waals surface area contributed by atoms with E-state index in [0.29, 0.717) is 11.1 Å². The normalized spacial score (nSPS) is 18.5. The first kappa shape index (κ1) is 12.8. The van der Waals surface area contributed by atoms with Gasteiger partial charge < -0.3 is 10.2 Å². The Hall–Kier alpha value is -2.69. The molecule has 1 aromatic rings. The number of hydrogen-bond donors (Lipinski definition) is 2. The molecule has 2 N–H and O–H groups in total. The summed E-state index contributed by atoms with van der Waals surface area (Å²) in [7, 11) is 0. The molecule has 0 bridgehead atoms. The fraction of sp³-hybridized carbons (Fsp3) is 0.0714. The summed E-state index contributed by atoms with van der Waals surface area (Å²) in [5, 5.41) is 18.0. The molecule has 0 amide bonds. The zero-order chi connectivity index (χ0) is 14.0. The van der Waals surface area contributed by atoms with Crippen LogP contribution in [0.4, 0.5) is 0 Å². The van der Waals surface area contributed by atoms with Crippen LogP contribution in [0.5, 0.6) is 0 Å². The van der Waals surface area contributed by atoms with Gasteiger partial charge in [-0.2, -0.15) is 0 Å². The minimum Gasteiger partial charge on any atom is -0.480 e. The number of ketones is 1. The molecule has 2 rings (SSSR count). The van der Waals surface area contributed by atoms with Crippen LogP contribution >= 0.6 is 0 Å². The number of carboxylic acid groups (broad SMARTS) is 2. The highest BCUT2D eigenvalue weighted by Gasteiger charge is 2.33. The summed E-state index contributed by atoms with van der Waals surface area (Å²) in [6, 6.07) is 8.72. The van der Waals surface area contributed by atoms with Crippen molar-refractivity contribution in [2.75, 3.05) is 0 Å². The standard InChI is InChI=1S/C14H10O5/c15-12-10(13(16)17)6-9(7-11(12)14(18)19)8-4-2-1-3-5-8/h1-7,10H,(H,16,17)(H,18,19). The Balaban J connectivity index is 2.53. The lowest BCUT2D eigenvalue weighted by Gasteiger charge is -2.15. The third-order valence-corrected chi connectivity index (χ3v) is 2.80. The highest BCUT2D eigenvalue weighted by atomic mass is 16.4. The second kappa shape index (κ2) is 4.89. The van der Waals surface area contributed by atoms with Gasteiger partial charge in [0, 0.05) is 0 Å². The molecular formula is C14H10O5. The van der Waals surface area contributed by atoms with Gasteiger partial charge in [0.05, 0.1) is 0 Å². The van der Waals surface area contributed by atoms with Gasteiger partial charge in [0.1, 0.15) is 11.5 Å². The Morgan fingerprint density at radius 1 is 1.05 bits per heavy atom. The number of Topliss-reactive ketones (excluding diaryl/α,β-unsaturated/α-hetero) is 1. The van der Waals surface area contributed by atoms with Crippen molar-refractivity contribution < 1.29 is 24.6 Å². The van der Waals surface area contributed by atoms with E-state index < -0.39 is 29.2 Å². The van der Waals surface area contributed by atoms with Gasteiger partial charge in [-0.3, -0.25) is 9.59 Å². The Morgan fingerprint density at radius 2 is 1.68 bits per heavy atom. The van der Waals surface area contributed by atoms with Crippen LogP contribution < -0.4 is 0 Å². The molecule has 0 saturated carbocycles. The second-order valence-corrected chi connectivity index (χ2v) is 4.03. The largest absolute Gasteiger partial charge is 0.480 e. The van der Waals surface area contributed by atoms with Gasteiger partial charge >= 0.3 is 11.9 Å². The summed E-state index contributed by atoms with van der Waals surface area (Å²) in [5.74, 6) is -5.13. The van der Waals surface area contributed by atoms with E-state index in [1.807, 2.05) is 0 Å². The molecule has 0 heterocycles. The molecule has 96 valence electrons. The number of benzene rings is 1. The van der Waals surface area contributed by atoms with Crippen LogP contribution in [-0.4, -0.2) is 27.9 Å². The topological polar surface area (TPSA) is 91.7 Å². The van der Waals surface area contributed by atoms with Crippen molar-refractivity contribution in [3.05, 3.63) is 53.6 Å². The number of rotatable bonds is 3. The lowest BCUT2D eigenvalue weighted by atomic mass is 9.86. The lowest BCUT2D eigenvalue weighted by molar-refractivity contribution is -0.143. The van der Waals surface area contributed by atoms with Gasteiger partial charge in [0.25, 0.3) is 0 Å². The van der Waals surface area contributed by atoms with Crippen LogP contribution in [0.15, 0.2) is 48.1 Å². The van der Waals surface area contributed by atoms with E-state index in [2.05, 4.69) is 0 Å². The molecule has 1 unspecified atom stereocenters. The van der Waals surface area contributed by atoms with Crippen molar-refractivity contribution in [1.29, 1.82) is 0 Å². The molecule has 1 aliphatic rings. The SMILES string of the molecule is O=C(O)C1=CC(c2ccccc2)=CC(C(=O)O)C1=O. The maximum atomic E-state index is 11.7. The van der Waals surface area contributed by atoms with Gasteiger partial charge in [-0.1, -0.05) is 36.4 Å². The van der Waals surface area contributed by atoms with Crippen molar-refractivity contribution in [2.45, 2.75) is 0 Å². The maximum Gasteiger partial charge on any atom is 0.339 e. The van der Waals surface area contributed by atoms with Crippen LogP contribution in [0.2, 0.25) is 0 Å². The smallest absolute Gasteiger partial charge is 0.339 e. The fourth-order valence-electron chi connectivity index (χ4n) is 1.86. The summed E-state index contributed by atoms with van der Waals surface area (Å²) >= 11 is 0. The number of allylic oxidation sites excluding steroid dienone is 2. The summed E-state index contributed by atoms with van der Waals surface area (Å²) in [6.07, 6.45) is 2.48. The van der Waals surface area contributed by atoms with Gasteiger partial charge in [-0.25, -0.2) is 4.79 Å². The first-order valence-corrected chi connectivity index (χ1v) is 5.50. The molecule has 0 fully saturated rings. The van der Waals surface area contributed by atoms with Gasteiger partial charge in [-0.05, 0) is 17.2 Å². The molecule has 5 nitrogen and oxygen atoms in total. The number of carboxylic acids is 2. The zero-order valence-corrected chi connectivity index (χ0v) is 9.74. The summed E-state index contributed by atoms with van der Waals surface area (Å²) in [4.78, 5) is 33.7. The molecule has 0 saturated heterocycles. The van der Waals surface area contributed by atoms with Gasteiger partial charge in [-0.15, -0.1) is 0 Å². The average Bonchev–Trinajstić information content (AvgIpc) is 2.39. The molecule has 1 atom stereocenters. The van der Waals surface area contributed by atoms with Crippen molar-refractivity contribution in [2.24, 2.45) is 5.92 Å². The molecule has 1 aliphatic carbocycles. The summed E-state index contributed by atoms with van der Waals surface area (Å²) in [6.45, 7) is 0. The van der Waals surface area contributed by atoms with Crippen molar-refractivity contribution in [1.82, 2.24) is 0 Å². The van der Waals surface area contributed by atoms with Crippen molar-refractivity contribution in [3.63, 3.8) is 0 Å². The molecular weight excluding hydrogens is 248 g/mol. The Labute approximate surface area is 108 Å². The van der Waals surface area contributed by atoms with Crippen LogP contribution in [-0.2, 0) is 14.4 Å². The number of aliphatic carboxylic acids is 2. The van der Waals surface area contributed by atoms with Crippen LogP contribution in [0.25, 0.3) is 5.57 Å². The van der Waals surface area contributed by atoms with Crippen LogP contribution in [0.3, 0.4) is 0 Å². The lowest BCUT2D eigenvalue weighted by Crippen LogP contribution is -2.29. The second-order valence-electron chi connectivity index (χ2n) is 4.03. The highest BCUT2D eigenvalue weighted by Crippen LogP contribution is 2.27. The number of carbonyl (C=O) groups is 3. The molecule has 0 radical (unpaired) electrons. The average molecular weight is 258 g/mol. The maximum absolute atomic E-state index is 11.7. The van der Waals surface area contributed by atoms with Crippen molar-refractivity contribution in [3.8, 4) is 0 Å². The molecule has 1 aromatic carbocycles. The van der Waals surface area contributed by atoms with E-state index in [-0.39, 0.29) is 0 Å². The number of carbonyl (C=O) groups excluding carboxylic acids is 1. The minimum atomic E-state index is -1.45. The summed E-state index contributed by atoms with van der Waals surface area (Å²) < 4.78 is 0. The van der Waals surface area contributed by atoms with Crippen molar-refractivity contribution >= 4 is 23.3 Å². The Morgan fingerprint density at radius 3 is 2.21 bits per heavy atom. The van der Waals surface area contributed by atoms with Crippen LogP contribution in [0, 0.1) is 5.92 Å². The van der Waals surface area contributed by atoms with Crippen LogP contribution in [0.1, 0.15) is 5.56 Å². The predicted octanol–water partition coefficient (Wildman–Crippen LogP) is 1.36. The zero-order valence-electron chi connectivity index (χ0n) is 9.74. The Kier molecular flexibility index (Phi) is 3.29. The van der Waals surface area contributed by atoms with E-state index in [4.69, 9.17) is 10.2 Å². The quantitative estimate of drug-likeness (QED) is 0.631. The Bertz CT molecular complexity index is 610. The molecule has 5 heteroatoms. The summed E-state index contributed by atoms with van der Waals surface area (Å²) in [5.41, 5.74) is 0.582. The minimum absolute atomic E-state index is 0.421. The molecule has 19 heavy (non-hydrogen) atoms. The van der Waals surface area contributed by atoms with E-state index in [0.717, 1.165) is 0 Å². The van der Waals surface area contributed by atoms with E-state index in [1.54, 1.807) is 30.3 Å². The van der Waals surface area contributed by atoms with Gasteiger partial charge in [0.2, 0.25) is 0 Å². The molecule has 0 aliphatic heterocycles. The fourth-order valence-corrected chi connectivity index (χ4v) is 1.86. The monoisotopic (exact) mass is 258 g/mol. The third-order valence-electron chi connectivity index (χ3n) is 2.80. The first-order valence-electron chi connectivity index (χ1n) is 5.50. The highest BCUT2D eigenvalue weighted by molar-refractivity contribution is 6.25. The van der Waals surface area contributed by atoms with E-state index in [1.165, 1.54) is 12.2 Å². The third kappa shape index (κ3) is 2.44. The predicted molar refractivity (Wildman–Crippen MR) is 66.3 cm³/mol. The van der Waals surface area contributed by atoms with E-state index in [9.17, 15) is 14.4 Å².